The van der Waals surface area contributed by atoms with Crippen LogP contribution in [0.25, 0.3) is 0 Å². The van der Waals surface area contributed by atoms with Crippen LogP contribution < -0.4 is 5.73 Å². The number of nitrogens with two attached hydrogens (primary N) is 1. The van der Waals surface area contributed by atoms with Gasteiger partial charge in [-0.05, 0) is 24.0 Å². The third-order valence-electron chi connectivity index (χ3n) is 2.01. The summed E-state index contributed by atoms with van der Waals surface area (Å²) in [6.07, 6.45) is 2.83. The summed E-state index contributed by atoms with van der Waals surface area (Å²) in [6.45, 7) is 4.31. The van der Waals surface area contributed by atoms with E-state index >= 15 is 0 Å². The topological polar surface area (TPSA) is 38.9 Å². The Kier molecular flexibility index (Phi) is 2.47. The van der Waals surface area contributed by atoms with E-state index in [9.17, 15) is 0 Å². The summed E-state index contributed by atoms with van der Waals surface area (Å²) in [5, 5.41) is 0. The van der Waals surface area contributed by atoms with Gasteiger partial charge in [-0.3, -0.25) is 0 Å². The van der Waals surface area contributed by atoms with Crippen molar-refractivity contribution in [1.29, 1.82) is 0 Å². The number of anilines is 1. The lowest BCUT2D eigenvalue weighted by molar-refractivity contribution is 0.732. The minimum Gasteiger partial charge on any atom is -0.383 e. The van der Waals surface area contributed by atoms with Crippen molar-refractivity contribution < 1.29 is 0 Å². The second-order valence-electron chi connectivity index (χ2n) is 2.79. The number of hydrogen-bond acceptors (Lipinski definition) is 2. The first kappa shape index (κ1) is 8.05. The van der Waals surface area contributed by atoms with Gasteiger partial charge in [0.15, 0.2) is 0 Å². The number of hydrogen-bond donors (Lipinski definition) is 1. The Bertz CT molecular complexity index is 233. The zero-order chi connectivity index (χ0) is 8.27. The van der Waals surface area contributed by atoms with Gasteiger partial charge in [-0.25, -0.2) is 4.98 Å². The Labute approximate surface area is 67.5 Å². The Morgan fingerprint density at radius 2 is 2.36 bits per heavy atom. The van der Waals surface area contributed by atoms with E-state index in [2.05, 4.69) is 18.8 Å². The van der Waals surface area contributed by atoms with Crippen LogP contribution in [0.3, 0.4) is 0 Å². The van der Waals surface area contributed by atoms with Crippen molar-refractivity contribution in [2.75, 3.05) is 5.73 Å². The molecule has 0 aliphatic rings. The lowest BCUT2D eigenvalue weighted by Crippen LogP contribution is -1.99. The van der Waals surface area contributed by atoms with Gasteiger partial charge in [-0.1, -0.05) is 19.9 Å². The van der Waals surface area contributed by atoms with E-state index < -0.39 is 0 Å². The summed E-state index contributed by atoms with van der Waals surface area (Å²) in [4.78, 5) is 4.03. The number of nitrogens with zero attached hydrogens (tertiary/aromatic N) is 1. The molecule has 0 aliphatic heterocycles. The molecule has 1 aromatic rings. The highest BCUT2D eigenvalue weighted by molar-refractivity contribution is 5.40. The van der Waals surface area contributed by atoms with Crippen molar-refractivity contribution in [2.45, 2.75) is 26.2 Å². The summed E-state index contributed by atoms with van der Waals surface area (Å²) in [5.74, 6) is 1.19. The number of pyridine rings is 1. The molecule has 0 bridgehead atoms. The summed E-state index contributed by atoms with van der Waals surface area (Å²) in [5.41, 5.74) is 6.85. The van der Waals surface area contributed by atoms with Gasteiger partial charge >= 0.3 is 0 Å². The van der Waals surface area contributed by atoms with Crippen LogP contribution >= 0.6 is 0 Å². The molecular formula is C9H14N2. The van der Waals surface area contributed by atoms with Crippen LogP contribution in [-0.2, 0) is 0 Å². The highest BCUT2D eigenvalue weighted by atomic mass is 14.8. The fourth-order valence-corrected chi connectivity index (χ4v) is 1.07. The summed E-state index contributed by atoms with van der Waals surface area (Å²) in [7, 11) is 0. The van der Waals surface area contributed by atoms with E-state index in [-0.39, 0.29) is 0 Å². The molecule has 0 aliphatic carbocycles. The number of aromatic nitrogens is 1. The second kappa shape index (κ2) is 3.37. The standard InChI is InChI=1S/C9H14N2/c1-3-7(2)8-5-4-6-11-9(8)10/h4-7H,3H2,1-2H3,(H2,10,11). The molecule has 2 nitrogen and oxygen atoms in total. The predicted molar refractivity (Wildman–Crippen MR) is 47.4 cm³/mol. The minimum absolute atomic E-state index is 0.517. The summed E-state index contributed by atoms with van der Waals surface area (Å²) >= 11 is 0. The first-order valence-electron chi connectivity index (χ1n) is 3.96. The smallest absolute Gasteiger partial charge is 0.126 e. The molecule has 1 heterocycles. The molecule has 11 heavy (non-hydrogen) atoms. The van der Waals surface area contributed by atoms with Crippen LogP contribution in [0.2, 0.25) is 0 Å². The first-order valence-corrected chi connectivity index (χ1v) is 3.96. The maximum atomic E-state index is 5.69. The molecule has 1 atom stereocenters. The van der Waals surface area contributed by atoms with Gasteiger partial charge < -0.3 is 5.73 Å². The van der Waals surface area contributed by atoms with Crippen LogP contribution in [0, 0.1) is 0 Å². The number of nitrogen functional groups attached to an aromatic ring is 1. The highest BCUT2D eigenvalue weighted by Crippen LogP contribution is 2.21. The lowest BCUT2D eigenvalue weighted by Gasteiger charge is -2.09. The third kappa shape index (κ3) is 1.70. The molecule has 1 aromatic heterocycles. The normalized spacial score (nSPS) is 12.9. The molecule has 0 saturated heterocycles. The van der Waals surface area contributed by atoms with Crippen molar-refractivity contribution in [3.8, 4) is 0 Å². The van der Waals surface area contributed by atoms with E-state index in [1.165, 1.54) is 0 Å². The average Bonchev–Trinajstić information content (AvgIpc) is 2.04. The Hall–Kier alpha value is -1.05. The van der Waals surface area contributed by atoms with Gasteiger partial charge in [-0.15, -0.1) is 0 Å². The third-order valence-corrected chi connectivity index (χ3v) is 2.01. The van der Waals surface area contributed by atoms with Gasteiger partial charge in [0.05, 0.1) is 0 Å². The Balaban J connectivity index is 2.93. The molecular weight excluding hydrogens is 136 g/mol. The monoisotopic (exact) mass is 150 g/mol. The minimum atomic E-state index is 0.517. The van der Waals surface area contributed by atoms with E-state index in [1.807, 2.05) is 12.1 Å². The van der Waals surface area contributed by atoms with Crippen LogP contribution in [0.15, 0.2) is 18.3 Å². The Morgan fingerprint density at radius 3 is 2.91 bits per heavy atom. The zero-order valence-corrected chi connectivity index (χ0v) is 7.04. The maximum Gasteiger partial charge on any atom is 0.126 e. The largest absolute Gasteiger partial charge is 0.383 e. The molecule has 2 N–H and O–H groups in total. The predicted octanol–water partition coefficient (Wildman–Crippen LogP) is 2.18. The molecule has 2 heteroatoms. The van der Waals surface area contributed by atoms with Crippen molar-refractivity contribution in [2.24, 2.45) is 0 Å². The van der Waals surface area contributed by atoms with Crippen LogP contribution in [0.5, 0.6) is 0 Å². The average molecular weight is 150 g/mol. The molecule has 0 saturated carbocycles. The second-order valence-corrected chi connectivity index (χ2v) is 2.79. The maximum absolute atomic E-state index is 5.69. The zero-order valence-electron chi connectivity index (χ0n) is 7.04. The van der Waals surface area contributed by atoms with Crippen molar-refractivity contribution >= 4 is 5.82 Å². The van der Waals surface area contributed by atoms with E-state index in [0.717, 1.165) is 12.0 Å². The summed E-state index contributed by atoms with van der Waals surface area (Å²) < 4.78 is 0. The van der Waals surface area contributed by atoms with Gasteiger partial charge in [0.25, 0.3) is 0 Å². The van der Waals surface area contributed by atoms with Gasteiger partial charge in [0, 0.05) is 6.20 Å². The van der Waals surface area contributed by atoms with E-state index in [0.29, 0.717) is 11.7 Å². The fraction of sp³-hybridized carbons (Fsp3) is 0.444. The molecule has 0 amide bonds. The van der Waals surface area contributed by atoms with Crippen molar-refractivity contribution in [3.63, 3.8) is 0 Å². The van der Waals surface area contributed by atoms with Crippen molar-refractivity contribution in [1.82, 2.24) is 4.98 Å². The molecule has 60 valence electrons. The SMILES string of the molecule is CCC(C)c1cccnc1N. The van der Waals surface area contributed by atoms with Crippen molar-refractivity contribution in [3.05, 3.63) is 23.9 Å². The fourth-order valence-electron chi connectivity index (χ4n) is 1.07. The lowest BCUT2D eigenvalue weighted by atomic mass is 10.00. The summed E-state index contributed by atoms with van der Waals surface area (Å²) in [6, 6.07) is 3.97. The first-order chi connectivity index (χ1) is 5.25. The van der Waals surface area contributed by atoms with Crippen LogP contribution in [-0.4, -0.2) is 4.98 Å². The van der Waals surface area contributed by atoms with Gasteiger partial charge in [0.1, 0.15) is 5.82 Å². The van der Waals surface area contributed by atoms with Gasteiger partial charge in [-0.2, -0.15) is 0 Å². The molecule has 0 spiro atoms. The molecule has 1 unspecified atom stereocenters. The molecule has 1 rings (SSSR count). The quantitative estimate of drug-likeness (QED) is 0.701. The van der Waals surface area contributed by atoms with Crippen LogP contribution in [0.1, 0.15) is 31.7 Å². The van der Waals surface area contributed by atoms with E-state index in [1.54, 1.807) is 6.20 Å². The van der Waals surface area contributed by atoms with Gasteiger partial charge in [0.2, 0.25) is 0 Å². The molecule has 0 fully saturated rings. The molecule has 0 radical (unpaired) electrons. The Morgan fingerprint density at radius 1 is 1.64 bits per heavy atom. The number of rotatable bonds is 2. The molecule has 0 aromatic carbocycles. The highest BCUT2D eigenvalue weighted by Gasteiger charge is 2.05. The van der Waals surface area contributed by atoms with Crippen LogP contribution in [0.4, 0.5) is 5.82 Å². The van der Waals surface area contributed by atoms with E-state index in [4.69, 9.17) is 5.73 Å².